The molecule has 0 radical (unpaired) electrons. The molecule has 0 amide bonds. The maximum atomic E-state index is 5.88. The fourth-order valence-corrected chi connectivity index (χ4v) is 3.37. The van der Waals surface area contributed by atoms with E-state index in [2.05, 4.69) is 30.7 Å². The Kier molecular flexibility index (Phi) is 6.11. The minimum absolute atomic E-state index is 0.478. The smallest absolute Gasteiger partial charge is 0.0705 e. The Bertz CT molecular complexity index is 249. The van der Waals surface area contributed by atoms with Gasteiger partial charge >= 0.3 is 0 Å². The molecular formula is C16H32N2O. The molecule has 2 aliphatic heterocycles. The van der Waals surface area contributed by atoms with E-state index in [4.69, 9.17) is 4.74 Å². The summed E-state index contributed by atoms with van der Waals surface area (Å²) < 4.78 is 5.88. The molecule has 2 fully saturated rings. The Morgan fingerprint density at radius 2 is 1.89 bits per heavy atom. The van der Waals surface area contributed by atoms with E-state index in [1.54, 1.807) is 0 Å². The molecule has 0 N–H and O–H groups in total. The highest BCUT2D eigenvalue weighted by atomic mass is 16.5. The van der Waals surface area contributed by atoms with Crippen LogP contribution in [0.1, 0.15) is 39.5 Å². The van der Waals surface area contributed by atoms with Gasteiger partial charge in [-0.2, -0.15) is 0 Å². The Morgan fingerprint density at radius 3 is 2.58 bits per heavy atom. The molecule has 19 heavy (non-hydrogen) atoms. The molecule has 0 saturated carbocycles. The maximum Gasteiger partial charge on any atom is 0.0705 e. The van der Waals surface area contributed by atoms with Gasteiger partial charge in [0, 0.05) is 13.1 Å². The Labute approximate surface area is 119 Å². The van der Waals surface area contributed by atoms with E-state index < -0.39 is 0 Å². The third-order valence-electron chi connectivity index (χ3n) is 4.65. The molecule has 0 aromatic carbocycles. The number of piperidine rings is 1. The van der Waals surface area contributed by atoms with Crippen LogP contribution < -0.4 is 0 Å². The third-order valence-corrected chi connectivity index (χ3v) is 4.65. The average Bonchev–Trinajstić information content (AvgIpc) is 2.38. The van der Waals surface area contributed by atoms with Gasteiger partial charge < -0.3 is 9.64 Å². The number of nitrogens with zero attached hydrogens (tertiary/aromatic N) is 2. The molecule has 0 aliphatic carbocycles. The second kappa shape index (κ2) is 7.61. The van der Waals surface area contributed by atoms with Crippen molar-refractivity contribution in [2.45, 2.75) is 45.6 Å². The van der Waals surface area contributed by atoms with Crippen LogP contribution in [0.4, 0.5) is 0 Å². The normalized spacial score (nSPS) is 28.1. The highest BCUT2D eigenvalue weighted by molar-refractivity contribution is 4.75. The summed E-state index contributed by atoms with van der Waals surface area (Å²) in [4.78, 5) is 5.10. The molecule has 2 aliphatic rings. The van der Waals surface area contributed by atoms with Crippen molar-refractivity contribution >= 4 is 0 Å². The Hall–Kier alpha value is -0.120. The molecule has 0 spiro atoms. The minimum atomic E-state index is 0.478. The van der Waals surface area contributed by atoms with Gasteiger partial charge in [0.15, 0.2) is 0 Å². The lowest BCUT2D eigenvalue weighted by atomic mass is 9.93. The second-order valence-corrected chi connectivity index (χ2v) is 6.96. The summed E-state index contributed by atoms with van der Waals surface area (Å²) in [6, 6.07) is 0. The van der Waals surface area contributed by atoms with Gasteiger partial charge in [-0.3, -0.25) is 4.90 Å². The number of morpholine rings is 1. The zero-order valence-electron chi connectivity index (χ0n) is 13.1. The molecule has 0 aromatic heterocycles. The van der Waals surface area contributed by atoms with E-state index in [9.17, 15) is 0 Å². The van der Waals surface area contributed by atoms with Crippen LogP contribution in [0.25, 0.3) is 0 Å². The molecule has 3 nitrogen and oxygen atoms in total. The fourth-order valence-electron chi connectivity index (χ4n) is 3.37. The molecule has 2 saturated heterocycles. The van der Waals surface area contributed by atoms with Crippen LogP contribution in [0.5, 0.6) is 0 Å². The quantitative estimate of drug-likeness (QED) is 0.762. The minimum Gasteiger partial charge on any atom is -0.376 e. The summed E-state index contributed by atoms with van der Waals surface area (Å²) >= 11 is 0. The predicted molar refractivity (Wildman–Crippen MR) is 80.5 cm³/mol. The third kappa shape index (κ3) is 5.41. The summed E-state index contributed by atoms with van der Waals surface area (Å²) in [5.74, 6) is 1.71. The zero-order chi connectivity index (χ0) is 13.7. The van der Waals surface area contributed by atoms with Gasteiger partial charge in [0.05, 0.1) is 12.7 Å². The van der Waals surface area contributed by atoms with E-state index in [0.29, 0.717) is 6.10 Å². The molecule has 112 valence electrons. The second-order valence-electron chi connectivity index (χ2n) is 6.96. The number of ether oxygens (including phenoxy) is 1. The van der Waals surface area contributed by atoms with Gasteiger partial charge in [-0.05, 0) is 64.2 Å². The highest BCUT2D eigenvalue weighted by Gasteiger charge is 2.23. The van der Waals surface area contributed by atoms with E-state index >= 15 is 0 Å². The van der Waals surface area contributed by atoms with E-state index in [0.717, 1.165) is 31.5 Å². The van der Waals surface area contributed by atoms with Gasteiger partial charge in [0.1, 0.15) is 0 Å². The standard InChI is InChI=1S/C16H32N2O/c1-14(2)12-16-13-18(10-11-19-16)9-6-15-4-7-17(3)8-5-15/h14-16H,4-13H2,1-3H3. The Balaban J connectivity index is 1.65. The van der Waals surface area contributed by atoms with Crippen molar-refractivity contribution < 1.29 is 4.74 Å². The first kappa shape index (κ1) is 15.3. The van der Waals surface area contributed by atoms with Gasteiger partial charge in [0.25, 0.3) is 0 Å². The van der Waals surface area contributed by atoms with Crippen LogP contribution in [0, 0.1) is 11.8 Å². The van der Waals surface area contributed by atoms with Crippen LogP contribution in [0.2, 0.25) is 0 Å². The van der Waals surface area contributed by atoms with Crippen molar-refractivity contribution in [1.82, 2.24) is 9.80 Å². The van der Waals surface area contributed by atoms with Crippen LogP contribution in [0.15, 0.2) is 0 Å². The van der Waals surface area contributed by atoms with Crippen LogP contribution >= 0.6 is 0 Å². The van der Waals surface area contributed by atoms with Gasteiger partial charge in [-0.25, -0.2) is 0 Å². The first-order chi connectivity index (χ1) is 9.13. The Morgan fingerprint density at radius 1 is 1.16 bits per heavy atom. The molecule has 0 bridgehead atoms. The topological polar surface area (TPSA) is 15.7 Å². The van der Waals surface area contributed by atoms with Crippen molar-refractivity contribution in [2.75, 3.05) is 46.4 Å². The number of hydrogen-bond acceptors (Lipinski definition) is 3. The van der Waals surface area contributed by atoms with Crippen LogP contribution in [-0.2, 0) is 4.74 Å². The first-order valence-electron chi connectivity index (χ1n) is 8.16. The SMILES string of the molecule is CC(C)CC1CN(CCC2CCN(C)CC2)CCO1. The van der Waals surface area contributed by atoms with Gasteiger partial charge in [0.2, 0.25) is 0 Å². The predicted octanol–water partition coefficient (Wildman–Crippen LogP) is 2.47. The van der Waals surface area contributed by atoms with Crippen molar-refractivity contribution in [3.63, 3.8) is 0 Å². The molecule has 1 atom stereocenters. The average molecular weight is 268 g/mol. The molecule has 1 unspecified atom stereocenters. The molecular weight excluding hydrogens is 236 g/mol. The number of hydrogen-bond donors (Lipinski definition) is 0. The molecule has 2 rings (SSSR count). The van der Waals surface area contributed by atoms with Gasteiger partial charge in [-0.1, -0.05) is 13.8 Å². The summed E-state index contributed by atoms with van der Waals surface area (Å²) in [5, 5.41) is 0. The first-order valence-corrected chi connectivity index (χ1v) is 8.16. The maximum absolute atomic E-state index is 5.88. The van der Waals surface area contributed by atoms with E-state index in [1.807, 2.05) is 0 Å². The monoisotopic (exact) mass is 268 g/mol. The van der Waals surface area contributed by atoms with Crippen molar-refractivity contribution in [3.05, 3.63) is 0 Å². The summed E-state index contributed by atoms with van der Waals surface area (Å²) in [6.07, 6.45) is 5.88. The van der Waals surface area contributed by atoms with Crippen LogP contribution in [-0.4, -0.2) is 62.3 Å². The molecule has 3 heteroatoms. The lowest BCUT2D eigenvalue weighted by Crippen LogP contribution is -2.44. The lowest BCUT2D eigenvalue weighted by Gasteiger charge is -2.35. The molecule has 0 aromatic rings. The highest BCUT2D eigenvalue weighted by Crippen LogP contribution is 2.21. The number of likely N-dealkylation sites (tertiary alicyclic amines) is 1. The number of rotatable bonds is 5. The summed E-state index contributed by atoms with van der Waals surface area (Å²) in [6.45, 7) is 11.7. The fraction of sp³-hybridized carbons (Fsp3) is 1.00. The van der Waals surface area contributed by atoms with Crippen LogP contribution in [0.3, 0.4) is 0 Å². The van der Waals surface area contributed by atoms with E-state index in [1.165, 1.54) is 45.3 Å². The van der Waals surface area contributed by atoms with Crippen molar-refractivity contribution in [1.29, 1.82) is 0 Å². The summed E-state index contributed by atoms with van der Waals surface area (Å²) in [7, 11) is 2.24. The van der Waals surface area contributed by atoms with Gasteiger partial charge in [-0.15, -0.1) is 0 Å². The van der Waals surface area contributed by atoms with Crippen molar-refractivity contribution in [3.8, 4) is 0 Å². The molecule has 2 heterocycles. The zero-order valence-corrected chi connectivity index (χ0v) is 13.1. The summed E-state index contributed by atoms with van der Waals surface area (Å²) in [5.41, 5.74) is 0. The lowest BCUT2D eigenvalue weighted by molar-refractivity contribution is -0.0390. The van der Waals surface area contributed by atoms with E-state index in [-0.39, 0.29) is 0 Å². The van der Waals surface area contributed by atoms with Crippen molar-refractivity contribution in [2.24, 2.45) is 11.8 Å². The largest absolute Gasteiger partial charge is 0.376 e.